The number of aliphatic hydroxyl groups is 1. The zero-order valence-electron chi connectivity index (χ0n) is 21.7. The van der Waals surface area contributed by atoms with Gasteiger partial charge in [-0.1, -0.05) is 18.9 Å². The van der Waals surface area contributed by atoms with E-state index < -0.39 is 28.6 Å². The monoisotopic (exact) mass is 535 g/mol. The van der Waals surface area contributed by atoms with Crippen LogP contribution in [0, 0.1) is 17.0 Å². The number of aromatic nitrogens is 3. The van der Waals surface area contributed by atoms with Gasteiger partial charge >= 0.3 is 0 Å². The molecule has 4 N–H and O–H groups in total. The third-order valence-electron chi connectivity index (χ3n) is 8.13. The van der Waals surface area contributed by atoms with Crippen LogP contribution in [0.1, 0.15) is 66.3 Å². The summed E-state index contributed by atoms with van der Waals surface area (Å²) >= 11 is 0. The molecule has 2 aliphatic carbocycles. The van der Waals surface area contributed by atoms with Gasteiger partial charge in [-0.15, -0.1) is 0 Å². The normalized spacial score (nSPS) is 21.7. The van der Waals surface area contributed by atoms with Crippen LogP contribution in [-0.2, 0) is 17.6 Å². The van der Waals surface area contributed by atoms with Gasteiger partial charge in [0.05, 0.1) is 47.2 Å². The number of amides is 2. The Bertz CT molecular complexity index is 1450. The molecule has 0 spiro atoms. The molecule has 39 heavy (non-hydrogen) atoms. The third-order valence-corrected chi connectivity index (χ3v) is 8.13. The van der Waals surface area contributed by atoms with Crippen molar-refractivity contribution in [2.45, 2.75) is 57.5 Å². The summed E-state index contributed by atoms with van der Waals surface area (Å²) in [6, 6.07) is 7.27. The number of pyridine rings is 1. The molecule has 1 unspecified atom stereocenters. The van der Waals surface area contributed by atoms with Crippen LogP contribution in [0.5, 0.6) is 0 Å². The Morgan fingerprint density at radius 1 is 1.15 bits per heavy atom. The molecule has 1 aromatic carbocycles. The molecule has 2 aliphatic rings. The van der Waals surface area contributed by atoms with Gasteiger partial charge in [-0.3, -0.25) is 14.6 Å². The summed E-state index contributed by atoms with van der Waals surface area (Å²) in [6.45, 7) is 1.71. The third kappa shape index (κ3) is 4.85. The van der Waals surface area contributed by atoms with Crippen LogP contribution in [0.3, 0.4) is 0 Å². The summed E-state index contributed by atoms with van der Waals surface area (Å²) in [5.41, 5.74) is 7.73. The number of primary amides is 1. The smallest absolute Gasteiger partial charge is 0.253 e. The van der Waals surface area contributed by atoms with Gasteiger partial charge in [0.15, 0.2) is 0 Å². The molecule has 2 aromatic heterocycles. The molecule has 1 fully saturated rings. The number of carbonyl (C=O) groups is 2. The minimum Gasteiger partial charge on any atom is -0.389 e. The van der Waals surface area contributed by atoms with Crippen molar-refractivity contribution >= 4 is 17.9 Å². The summed E-state index contributed by atoms with van der Waals surface area (Å²) in [7, 11) is 0. The fraction of sp³-hybridized carbons (Fsp3) is 0.379. The van der Waals surface area contributed by atoms with Crippen molar-refractivity contribution in [1.29, 1.82) is 0 Å². The summed E-state index contributed by atoms with van der Waals surface area (Å²) in [5.74, 6) is -2.35. The topological polar surface area (TPSA) is 123 Å². The first-order valence-electron chi connectivity index (χ1n) is 13.1. The van der Waals surface area contributed by atoms with E-state index in [0.29, 0.717) is 31.4 Å². The maximum Gasteiger partial charge on any atom is 0.253 e. The first-order chi connectivity index (χ1) is 18.7. The molecule has 0 saturated heterocycles. The Kier molecular flexibility index (Phi) is 7.07. The van der Waals surface area contributed by atoms with E-state index in [9.17, 15) is 23.5 Å². The van der Waals surface area contributed by atoms with E-state index in [0.717, 1.165) is 47.6 Å². The molecule has 10 heteroatoms. The van der Waals surface area contributed by atoms with Crippen molar-refractivity contribution in [2.75, 3.05) is 6.54 Å². The summed E-state index contributed by atoms with van der Waals surface area (Å²) in [5, 5.41) is 19.2. The van der Waals surface area contributed by atoms with E-state index in [1.165, 1.54) is 12.1 Å². The van der Waals surface area contributed by atoms with E-state index >= 15 is 0 Å². The van der Waals surface area contributed by atoms with Gasteiger partial charge in [0.1, 0.15) is 11.6 Å². The number of aryl methyl sites for hydroxylation is 1. The van der Waals surface area contributed by atoms with E-state index in [2.05, 4.69) is 28.4 Å². The van der Waals surface area contributed by atoms with Gasteiger partial charge in [0.25, 0.3) is 5.91 Å². The highest BCUT2D eigenvalue weighted by Crippen LogP contribution is 2.59. The molecule has 2 atom stereocenters. The van der Waals surface area contributed by atoms with Crippen molar-refractivity contribution in [3.63, 3.8) is 0 Å². The average Bonchev–Trinajstić information content (AvgIpc) is 3.44. The highest BCUT2D eigenvalue weighted by molar-refractivity contribution is 5.97. The Hall–Kier alpha value is -3.92. The lowest BCUT2D eigenvalue weighted by Gasteiger charge is -2.45. The average molecular weight is 536 g/mol. The quantitative estimate of drug-likeness (QED) is 0.386. The van der Waals surface area contributed by atoms with Gasteiger partial charge in [0.2, 0.25) is 5.91 Å². The Morgan fingerprint density at radius 3 is 2.64 bits per heavy atom. The number of halogens is 2. The van der Waals surface area contributed by atoms with Crippen LogP contribution in [0.25, 0.3) is 11.8 Å². The van der Waals surface area contributed by atoms with Crippen molar-refractivity contribution in [1.82, 2.24) is 20.1 Å². The van der Waals surface area contributed by atoms with Crippen LogP contribution in [0.15, 0.2) is 48.3 Å². The summed E-state index contributed by atoms with van der Waals surface area (Å²) in [6.07, 6.45) is 9.00. The minimum atomic E-state index is -1.08. The predicted octanol–water partition coefficient (Wildman–Crippen LogP) is 3.64. The highest BCUT2D eigenvalue weighted by Gasteiger charge is 2.57. The summed E-state index contributed by atoms with van der Waals surface area (Å²) in [4.78, 5) is 27.9. The number of fused-ring (bicyclic) bond motifs is 2. The van der Waals surface area contributed by atoms with Gasteiger partial charge < -0.3 is 16.2 Å². The number of hydrogen-bond acceptors (Lipinski definition) is 5. The van der Waals surface area contributed by atoms with Crippen molar-refractivity contribution in [3.8, 4) is 5.69 Å². The summed E-state index contributed by atoms with van der Waals surface area (Å²) < 4.78 is 29.3. The van der Waals surface area contributed by atoms with Gasteiger partial charge in [-0.2, -0.15) is 5.10 Å². The SMILES string of the molecule is CCCC12Cc3cnn(-c4ccc(F)cc4)c3C=C1CC[C@@]2(O)CCc1ncc(F)cc1C(=O)NCC(N)=O. The number of benzene rings is 1. The van der Waals surface area contributed by atoms with Gasteiger partial charge in [-0.25, -0.2) is 13.5 Å². The van der Waals surface area contributed by atoms with E-state index in [4.69, 9.17) is 5.73 Å². The van der Waals surface area contributed by atoms with Crippen LogP contribution in [0.2, 0.25) is 0 Å². The largest absolute Gasteiger partial charge is 0.389 e. The number of nitrogens with zero attached hydrogens (tertiary/aromatic N) is 3. The molecule has 0 bridgehead atoms. The molecule has 204 valence electrons. The van der Waals surface area contributed by atoms with Crippen molar-refractivity contribution in [3.05, 3.63) is 82.4 Å². The second-order valence-corrected chi connectivity index (χ2v) is 10.5. The first-order valence-corrected chi connectivity index (χ1v) is 13.1. The number of nitrogens with one attached hydrogen (secondary N) is 1. The molecule has 1 saturated carbocycles. The van der Waals surface area contributed by atoms with Crippen LogP contribution >= 0.6 is 0 Å². The predicted molar refractivity (Wildman–Crippen MR) is 141 cm³/mol. The van der Waals surface area contributed by atoms with Crippen LogP contribution < -0.4 is 11.1 Å². The minimum absolute atomic E-state index is 0.0182. The molecule has 8 nitrogen and oxygen atoms in total. The van der Waals surface area contributed by atoms with E-state index in [-0.39, 0.29) is 24.3 Å². The van der Waals surface area contributed by atoms with Gasteiger partial charge in [-0.05, 0) is 80.5 Å². The standard InChI is InChI=1S/C29H31F2N5O3/c1-2-9-28-14-18-15-35-36(22-5-3-20(30)4-6-22)25(18)12-19(28)7-10-29(28,39)11-8-24-23(13-21(31)16-33-24)27(38)34-17-26(32)37/h3-6,12-13,15-16,39H,2,7-11,14,17H2,1H3,(H2,32,37)(H,34,38)/t28?,29-/m1/s1. The fourth-order valence-corrected chi connectivity index (χ4v) is 6.29. The van der Waals surface area contributed by atoms with Crippen LogP contribution in [0.4, 0.5) is 8.78 Å². The van der Waals surface area contributed by atoms with Crippen molar-refractivity contribution in [2.24, 2.45) is 11.1 Å². The van der Waals surface area contributed by atoms with Crippen LogP contribution in [-0.4, -0.2) is 43.8 Å². The first kappa shape index (κ1) is 26.7. The number of carbonyl (C=O) groups excluding carboxylic acids is 2. The van der Waals surface area contributed by atoms with Gasteiger partial charge in [0, 0.05) is 5.41 Å². The number of rotatable bonds is 9. The Morgan fingerprint density at radius 2 is 1.92 bits per heavy atom. The second-order valence-electron chi connectivity index (χ2n) is 10.5. The zero-order chi connectivity index (χ0) is 27.8. The Labute approximate surface area is 224 Å². The molecular formula is C29H31F2N5O3. The second kappa shape index (κ2) is 10.3. The molecule has 2 amide bonds. The molecule has 0 aliphatic heterocycles. The maximum atomic E-state index is 14.0. The van der Waals surface area contributed by atoms with E-state index in [1.807, 2.05) is 6.20 Å². The highest BCUT2D eigenvalue weighted by atomic mass is 19.1. The van der Waals surface area contributed by atoms with Crippen molar-refractivity contribution < 1.29 is 23.5 Å². The molecule has 5 rings (SSSR count). The lowest BCUT2D eigenvalue weighted by Crippen LogP contribution is -2.47. The Balaban J connectivity index is 1.44. The zero-order valence-corrected chi connectivity index (χ0v) is 21.7. The molecule has 3 aromatic rings. The maximum absolute atomic E-state index is 14.0. The van der Waals surface area contributed by atoms with E-state index in [1.54, 1.807) is 16.8 Å². The lowest BCUT2D eigenvalue weighted by atomic mass is 9.62. The lowest BCUT2D eigenvalue weighted by molar-refractivity contribution is -0.117. The molecular weight excluding hydrogens is 504 g/mol. The fourth-order valence-electron chi connectivity index (χ4n) is 6.29. The number of nitrogens with two attached hydrogens (primary N) is 1. The molecule has 2 heterocycles. The number of hydrogen-bond donors (Lipinski definition) is 3. The molecule has 0 radical (unpaired) electrons.